The largest absolute Gasteiger partial charge is 0.207 e. The molecule has 1 unspecified atom stereocenters. The lowest BCUT2D eigenvalue weighted by Crippen LogP contribution is -2.04. The van der Waals surface area contributed by atoms with Crippen molar-refractivity contribution in [2.75, 3.05) is 5.75 Å². The van der Waals surface area contributed by atoms with Gasteiger partial charge in [-0.2, -0.15) is 0 Å². The fourth-order valence-corrected chi connectivity index (χ4v) is 4.52. The van der Waals surface area contributed by atoms with Gasteiger partial charge in [-0.25, -0.2) is 8.78 Å². The highest BCUT2D eigenvalue weighted by molar-refractivity contribution is 8.03. The minimum Gasteiger partial charge on any atom is -0.207 e. The van der Waals surface area contributed by atoms with E-state index in [1.807, 2.05) is 17.8 Å². The van der Waals surface area contributed by atoms with Crippen molar-refractivity contribution in [2.24, 2.45) is 0 Å². The van der Waals surface area contributed by atoms with Gasteiger partial charge in [0.05, 0.1) is 0 Å². The normalized spacial score (nSPS) is 17.5. The molecule has 19 heavy (non-hydrogen) atoms. The molecular weight excluding hydrogens is 282 g/mol. The van der Waals surface area contributed by atoms with Crippen LogP contribution >= 0.6 is 23.5 Å². The molecule has 1 aliphatic rings. The number of benzene rings is 2. The van der Waals surface area contributed by atoms with E-state index in [4.69, 9.17) is 0 Å². The van der Waals surface area contributed by atoms with Crippen molar-refractivity contribution in [2.45, 2.75) is 21.5 Å². The number of halogens is 2. The van der Waals surface area contributed by atoms with Crippen molar-refractivity contribution >= 4 is 23.5 Å². The zero-order valence-electron chi connectivity index (χ0n) is 10.1. The number of rotatable bonds is 3. The van der Waals surface area contributed by atoms with E-state index in [0.717, 1.165) is 18.2 Å². The smallest absolute Gasteiger partial charge is 0.139 e. The Labute approximate surface area is 119 Å². The molecule has 98 valence electrons. The van der Waals surface area contributed by atoms with Crippen LogP contribution in [0.25, 0.3) is 0 Å². The van der Waals surface area contributed by atoms with Gasteiger partial charge in [0.15, 0.2) is 0 Å². The standard InChI is InChI=1S/C15H12F2S2/c16-11-5-6-15(13(17)8-11)18-9-12-7-10-3-1-2-4-14(10)19-12/h1-6,8,12H,7,9H2. The van der Waals surface area contributed by atoms with Gasteiger partial charge in [-0.15, -0.1) is 23.5 Å². The van der Waals surface area contributed by atoms with Crippen LogP contribution in [-0.2, 0) is 6.42 Å². The Morgan fingerprint density at radius 3 is 2.79 bits per heavy atom. The summed E-state index contributed by atoms with van der Waals surface area (Å²) >= 11 is 3.31. The zero-order valence-corrected chi connectivity index (χ0v) is 11.7. The molecule has 0 fully saturated rings. The third-order valence-electron chi connectivity index (χ3n) is 3.03. The van der Waals surface area contributed by atoms with Crippen molar-refractivity contribution in [3.63, 3.8) is 0 Å². The van der Waals surface area contributed by atoms with Crippen LogP contribution in [0.2, 0.25) is 0 Å². The average Bonchev–Trinajstić information content (AvgIpc) is 2.80. The summed E-state index contributed by atoms with van der Waals surface area (Å²) in [7, 11) is 0. The molecule has 0 aliphatic carbocycles. The third-order valence-corrected chi connectivity index (χ3v) is 5.77. The second-order valence-electron chi connectivity index (χ2n) is 4.44. The zero-order chi connectivity index (χ0) is 13.2. The van der Waals surface area contributed by atoms with Crippen LogP contribution in [0, 0.1) is 11.6 Å². The van der Waals surface area contributed by atoms with Crippen molar-refractivity contribution < 1.29 is 8.78 Å². The van der Waals surface area contributed by atoms with Gasteiger partial charge in [-0.1, -0.05) is 18.2 Å². The van der Waals surface area contributed by atoms with E-state index in [1.165, 1.54) is 34.4 Å². The Kier molecular flexibility index (Phi) is 3.80. The summed E-state index contributed by atoms with van der Waals surface area (Å²) in [6.07, 6.45) is 1.02. The molecule has 3 rings (SSSR count). The van der Waals surface area contributed by atoms with Crippen LogP contribution in [0.5, 0.6) is 0 Å². The first-order valence-electron chi connectivity index (χ1n) is 6.05. The first-order valence-corrected chi connectivity index (χ1v) is 7.91. The van der Waals surface area contributed by atoms with Crippen LogP contribution in [0.3, 0.4) is 0 Å². The van der Waals surface area contributed by atoms with Crippen molar-refractivity contribution in [1.29, 1.82) is 0 Å². The first-order chi connectivity index (χ1) is 9.22. The molecule has 0 amide bonds. The van der Waals surface area contributed by atoms with E-state index in [-0.39, 0.29) is 0 Å². The SMILES string of the molecule is Fc1ccc(SCC2Cc3ccccc3S2)c(F)c1. The summed E-state index contributed by atoms with van der Waals surface area (Å²) < 4.78 is 26.3. The highest BCUT2D eigenvalue weighted by Crippen LogP contribution is 2.39. The maximum absolute atomic E-state index is 13.5. The van der Waals surface area contributed by atoms with Gasteiger partial charge in [0.1, 0.15) is 11.6 Å². The van der Waals surface area contributed by atoms with E-state index in [2.05, 4.69) is 18.2 Å². The second-order valence-corrected chi connectivity index (χ2v) is 6.84. The van der Waals surface area contributed by atoms with E-state index >= 15 is 0 Å². The van der Waals surface area contributed by atoms with Crippen molar-refractivity contribution in [3.8, 4) is 0 Å². The van der Waals surface area contributed by atoms with Crippen LogP contribution in [-0.4, -0.2) is 11.0 Å². The summed E-state index contributed by atoms with van der Waals surface area (Å²) in [5.74, 6) is -0.156. The van der Waals surface area contributed by atoms with Gasteiger partial charge in [-0.05, 0) is 30.2 Å². The average molecular weight is 294 g/mol. The van der Waals surface area contributed by atoms with E-state index in [0.29, 0.717) is 10.1 Å². The van der Waals surface area contributed by atoms with Crippen LogP contribution in [0.15, 0.2) is 52.3 Å². The predicted molar refractivity (Wildman–Crippen MR) is 76.9 cm³/mol. The number of hydrogen-bond donors (Lipinski definition) is 0. The molecule has 2 aromatic carbocycles. The Hall–Kier alpha value is -1.00. The molecule has 0 N–H and O–H groups in total. The number of hydrogen-bond acceptors (Lipinski definition) is 2. The molecular formula is C15H12F2S2. The van der Waals surface area contributed by atoms with Crippen LogP contribution in [0.4, 0.5) is 8.78 Å². The van der Waals surface area contributed by atoms with Gasteiger partial charge in [0.25, 0.3) is 0 Å². The van der Waals surface area contributed by atoms with Crippen molar-refractivity contribution in [3.05, 3.63) is 59.7 Å². The molecule has 4 heteroatoms. The highest BCUT2D eigenvalue weighted by Gasteiger charge is 2.22. The maximum atomic E-state index is 13.5. The van der Waals surface area contributed by atoms with Crippen LogP contribution < -0.4 is 0 Å². The molecule has 0 bridgehead atoms. The molecule has 1 aliphatic heterocycles. The molecule has 1 heterocycles. The van der Waals surface area contributed by atoms with Gasteiger partial charge in [0.2, 0.25) is 0 Å². The quantitative estimate of drug-likeness (QED) is 0.748. The second kappa shape index (κ2) is 5.55. The molecule has 0 saturated carbocycles. The van der Waals surface area contributed by atoms with Gasteiger partial charge < -0.3 is 0 Å². The molecule has 1 atom stereocenters. The number of thioether (sulfide) groups is 2. The fraction of sp³-hybridized carbons (Fsp3) is 0.200. The fourth-order valence-electron chi connectivity index (χ4n) is 2.12. The summed E-state index contributed by atoms with van der Waals surface area (Å²) in [6, 6.07) is 12.1. The lowest BCUT2D eigenvalue weighted by atomic mass is 10.1. The Morgan fingerprint density at radius 2 is 2.00 bits per heavy atom. The van der Waals surface area contributed by atoms with E-state index < -0.39 is 11.6 Å². The van der Waals surface area contributed by atoms with Gasteiger partial charge in [0, 0.05) is 26.9 Å². The molecule has 2 aromatic rings. The summed E-state index contributed by atoms with van der Waals surface area (Å²) in [4.78, 5) is 1.85. The summed E-state index contributed by atoms with van der Waals surface area (Å²) in [6.45, 7) is 0. The predicted octanol–water partition coefficient (Wildman–Crippen LogP) is 4.77. The monoisotopic (exact) mass is 294 g/mol. The van der Waals surface area contributed by atoms with Crippen LogP contribution in [0.1, 0.15) is 5.56 Å². The summed E-state index contributed by atoms with van der Waals surface area (Å²) in [5, 5.41) is 0.465. The Morgan fingerprint density at radius 1 is 1.16 bits per heavy atom. The van der Waals surface area contributed by atoms with Gasteiger partial charge >= 0.3 is 0 Å². The molecule has 0 spiro atoms. The lowest BCUT2D eigenvalue weighted by Gasteiger charge is -2.08. The molecule has 0 aromatic heterocycles. The van der Waals surface area contributed by atoms with E-state index in [9.17, 15) is 8.78 Å². The molecule has 0 saturated heterocycles. The number of fused-ring (bicyclic) bond motifs is 1. The maximum Gasteiger partial charge on any atom is 0.139 e. The van der Waals surface area contributed by atoms with Crippen molar-refractivity contribution in [1.82, 2.24) is 0 Å². The highest BCUT2D eigenvalue weighted by atomic mass is 32.2. The third kappa shape index (κ3) is 2.95. The Balaban J connectivity index is 1.63. The minimum atomic E-state index is -0.524. The van der Waals surface area contributed by atoms with E-state index in [1.54, 1.807) is 0 Å². The molecule has 0 nitrogen and oxygen atoms in total. The topological polar surface area (TPSA) is 0 Å². The lowest BCUT2D eigenvalue weighted by molar-refractivity contribution is 0.565. The first kappa shape index (κ1) is 13.0. The van der Waals surface area contributed by atoms with Gasteiger partial charge in [-0.3, -0.25) is 0 Å². The molecule has 0 radical (unpaired) electrons. The minimum absolute atomic E-state index is 0.465. The summed E-state index contributed by atoms with van der Waals surface area (Å²) in [5.41, 5.74) is 1.37. The Bertz CT molecular complexity index is 573.